The number of carboxylic acid groups (broad SMARTS) is 1. The van der Waals surface area contributed by atoms with Crippen LogP contribution in [0.25, 0.3) is 0 Å². The third-order valence-corrected chi connectivity index (χ3v) is 4.95. The first-order chi connectivity index (χ1) is 7.72. The van der Waals surface area contributed by atoms with Gasteiger partial charge in [-0.25, -0.2) is 0 Å². The quantitative estimate of drug-likeness (QED) is 0.742. The maximum absolute atomic E-state index is 10.5. The van der Waals surface area contributed by atoms with Crippen LogP contribution in [0.15, 0.2) is 12.2 Å². The van der Waals surface area contributed by atoms with Crippen molar-refractivity contribution < 1.29 is 9.90 Å². The second-order valence-electron chi connectivity index (χ2n) is 6.03. The van der Waals surface area contributed by atoms with Crippen molar-refractivity contribution >= 4 is 5.97 Å². The van der Waals surface area contributed by atoms with Gasteiger partial charge in [-0.2, -0.15) is 0 Å². The van der Waals surface area contributed by atoms with E-state index in [1.807, 2.05) is 6.08 Å². The van der Waals surface area contributed by atoms with Crippen LogP contribution >= 0.6 is 0 Å². The number of carbonyl (C=O) groups is 1. The van der Waals surface area contributed by atoms with E-state index in [1.54, 1.807) is 0 Å². The van der Waals surface area contributed by atoms with Gasteiger partial charge < -0.3 is 5.11 Å². The summed E-state index contributed by atoms with van der Waals surface area (Å²) in [7, 11) is 0. The molecule has 4 saturated carbocycles. The number of aliphatic carboxylic acids is 1. The molecule has 1 N–H and O–H groups in total. The summed E-state index contributed by atoms with van der Waals surface area (Å²) in [5.41, 5.74) is 0. The number of rotatable bonds is 3. The first-order valence-electron chi connectivity index (χ1n) is 6.61. The van der Waals surface area contributed by atoms with Crippen LogP contribution in [-0.2, 0) is 4.79 Å². The highest BCUT2D eigenvalue weighted by atomic mass is 16.4. The lowest BCUT2D eigenvalue weighted by Gasteiger charge is -2.53. The zero-order chi connectivity index (χ0) is 11.1. The molecule has 4 aliphatic rings. The van der Waals surface area contributed by atoms with Crippen LogP contribution in [0, 0.1) is 29.6 Å². The first kappa shape index (κ1) is 10.4. The predicted molar refractivity (Wildman–Crippen MR) is 61.9 cm³/mol. The van der Waals surface area contributed by atoms with E-state index in [1.165, 1.54) is 32.1 Å². The van der Waals surface area contributed by atoms with E-state index >= 15 is 0 Å². The normalized spacial score (nSPS) is 45.4. The molecule has 0 atom stereocenters. The molecule has 0 radical (unpaired) electrons. The second-order valence-corrected chi connectivity index (χ2v) is 6.03. The number of hydrogen-bond acceptors (Lipinski definition) is 1. The molecule has 16 heavy (non-hydrogen) atoms. The van der Waals surface area contributed by atoms with E-state index in [9.17, 15) is 4.79 Å². The van der Waals surface area contributed by atoms with Gasteiger partial charge in [-0.15, -0.1) is 0 Å². The molecule has 0 aromatic rings. The Morgan fingerprint density at radius 1 is 1.06 bits per heavy atom. The summed E-state index contributed by atoms with van der Waals surface area (Å²) in [5, 5.41) is 8.64. The molecule has 0 spiro atoms. The molecule has 2 heteroatoms. The standard InChI is InChI=1S/C14H20O2/c15-14(16)3-1-2-13-11-5-9-4-10(7-11)8-12(13)6-9/h1-2,9-13H,3-8H2,(H,15,16)/b2-1+. The molecule has 4 rings (SSSR count). The van der Waals surface area contributed by atoms with Crippen molar-refractivity contribution in [2.45, 2.75) is 38.5 Å². The van der Waals surface area contributed by atoms with Crippen molar-refractivity contribution in [2.24, 2.45) is 29.6 Å². The maximum atomic E-state index is 10.5. The average Bonchev–Trinajstić information content (AvgIpc) is 2.20. The summed E-state index contributed by atoms with van der Waals surface area (Å²) >= 11 is 0. The van der Waals surface area contributed by atoms with E-state index in [2.05, 4.69) is 6.08 Å². The molecule has 4 bridgehead atoms. The van der Waals surface area contributed by atoms with Gasteiger partial charge in [-0.3, -0.25) is 4.79 Å². The van der Waals surface area contributed by atoms with Crippen molar-refractivity contribution in [3.05, 3.63) is 12.2 Å². The van der Waals surface area contributed by atoms with Crippen LogP contribution in [-0.4, -0.2) is 11.1 Å². The fourth-order valence-electron chi connectivity index (χ4n) is 4.61. The zero-order valence-corrected chi connectivity index (χ0v) is 9.64. The van der Waals surface area contributed by atoms with Gasteiger partial charge in [-0.1, -0.05) is 12.2 Å². The SMILES string of the molecule is O=C(O)C/C=C/C1C2CC3CC(C2)CC1C3. The van der Waals surface area contributed by atoms with Gasteiger partial charge >= 0.3 is 5.97 Å². The van der Waals surface area contributed by atoms with E-state index in [-0.39, 0.29) is 6.42 Å². The third-order valence-electron chi connectivity index (χ3n) is 4.95. The lowest BCUT2D eigenvalue weighted by molar-refractivity contribution is -0.136. The summed E-state index contributed by atoms with van der Waals surface area (Å²) in [4.78, 5) is 10.5. The third kappa shape index (κ3) is 1.79. The van der Waals surface area contributed by atoms with Crippen molar-refractivity contribution in [1.29, 1.82) is 0 Å². The maximum Gasteiger partial charge on any atom is 0.307 e. The summed E-state index contributed by atoms with van der Waals surface area (Å²) in [6.07, 6.45) is 11.4. The Morgan fingerprint density at radius 2 is 1.62 bits per heavy atom. The fraction of sp³-hybridized carbons (Fsp3) is 0.786. The lowest BCUT2D eigenvalue weighted by atomic mass is 9.52. The Balaban J connectivity index is 1.67. The van der Waals surface area contributed by atoms with E-state index in [4.69, 9.17) is 5.11 Å². The fourth-order valence-corrected chi connectivity index (χ4v) is 4.61. The van der Waals surface area contributed by atoms with Gasteiger partial charge in [0.2, 0.25) is 0 Å². The molecular formula is C14H20O2. The number of hydrogen-bond donors (Lipinski definition) is 1. The molecule has 0 saturated heterocycles. The van der Waals surface area contributed by atoms with Gasteiger partial charge in [0, 0.05) is 0 Å². The smallest absolute Gasteiger partial charge is 0.307 e. The Hall–Kier alpha value is -0.790. The largest absolute Gasteiger partial charge is 0.481 e. The molecule has 4 aliphatic carbocycles. The Kier molecular flexibility index (Phi) is 2.53. The van der Waals surface area contributed by atoms with Crippen LogP contribution in [0.4, 0.5) is 0 Å². The van der Waals surface area contributed by atoms with E-state index in [0.717, 1.165) is 23.7 Å². The highest BCUT2D eigenvalue weighted by molar-refractivity contribution is 5.68. The van der Waals surface area contributed by atoms with Crippen LogP contribution in [0.2, 0.25) is 0 Å². The molecule has 2 nitrogen and oxygen atoms in total. The van der Waals surface area contributed by atoms with Crippen molar-refractivity contribution in [3.63, 3.8) is 0 Å². The van der Waals surface area contributed by atoms with Crippen molar-refractivity contribution in [1.82, 2.24) is 0 Å². The minimum Gasteiger partial charge on any atom is -0.481 e. The summed E-state index contributed by atoms with van der Waals surface area (Å²) < 4.78 is 0. The zero-order valence-electron chi connectivity index (χ0n) is 9.64. The second kappa shape index (κ2) is 3.90. The molecule has 0 aromatic heterocycles. The summed E-state index contributed by atoms with van der Waals surface area (Å²) in [6.45, 7) is 0. The molecule has 88 valence electrons. The molecule has 0 aromatic carbocycles. The van der Waals surface area contributed by atoms with Crippen LogP contribution in [0.1, 0.15) is 38.5 Å². The van der Waals surface area contributed by atoms with Gasteiger partial charge in [0.25, 0.3) is 0 Å². The van der Waals surface area contributed by atoms with Crippen LogP contribution in [0.3, 0.4) is 0 Å². The van der Waals surface area contributed by atoms with E-state index in [0.29, 0.717) is 5.92 Å². The van der Waals surface area contributed by atoms with Crippen LogP contribution < -0.4 is 0 Å². The first-order valence-corrected chi connectivity index (χ1v) is 6.61. The molecule has 0 amide bonds. The highest BCUT2D eigenvalue weighted by Gasteiger charge is 2.46. The highest BCUT2D eigenvalue weighted by Crippen LogP contribution is 2.56. The molecule has 4 fully saturated rings. The van der Waals surface area contributed by atoms with Gasteiger partial charge in [0.05, 0.1) is 6.42 Å². The average molecular weight is 220 g/mol. The summed E-state index contributed by atoms with van der Waals surface area (Å²) in [5.74, 6) is 3.76. The minimum atomic E-state index is -0.708. The predicted octanol–water partition coefficient (Wildman–Crippen LogP) is 3.09. The minimum absolute atomic E-state index is 0.197. The monoisotopic (exact) mass is 220 g/mol. The number of carboxylic acids is 1. The van der Waals surface area contributed by atoms with Crippen LogP contribution in [0.5, 0.6) is 0 Å². The van der Waals surface area contributed by atoms with E-state index < -0.39 is 5.97 Å². The van der Waals surface area contributed by atoms with Gasteiger partial charge in [0.1, 0.15) is 0 Å². The molecular weight excluding hydrogens is 200 g/mol. The summed E-state index contributed by atoms with van der Waals surface area (Å²) in [6, 6.07) is 0. The molecule has 0 aliphatic heterocycles. The molecule has 0 unspecified atom stereocenters. The Morgan fingerprint density at radius 3 is 2.12 bits per heavy atom. The van der Waals surface area contributed by atoms with Gasteiger partial charge in [0.15, 0.2) is 0 Å². The molecule has 0 heterocycles. The van der Waals surface area contributed by atoms with Crippen molar-refractivity contribution in [2.75, 3.05) is 0 Å². The Labute approximate surface area is 96.7 Å². The Bertz CT molecular complexity index is 291. The topological polar surface area (TPSA) is 37.3 Å². The van der Waals surface area contributed by atoms with Crippen molar-refractivity contribution in [3.8, 4) is 0 Å². The number of allylic oxidation sites excluding steroid dienone is 1. The lowest BCUT2D eigenvalue weighted by Crippen LogP contribution is -2.44. The van der Waals surface area contributed by atoms with Gasteiger partial charge in [-0.05, 0) is 61.7 Å².